The minimum absolute atomic E-state index is 0.200. The average Bonchev–Trinajstić information content (AvgIpc) is 3.14. The van der Waals surface area contributed by atoms with Crippen LogP contribution in [0.1, 0.15) is 56.1 Å². The van der Waals surface area contributed by atoms with Gasteiger partial charge in [0.1, 0.15) is 5.69 Å². The molecule has 7 heteroatoms. The lowest BCUT2D eigenvalue weighted by atomic mass is 9.95. The van der Waals surface area contributed by atoms with Gasteiger partial charge < -0.3 is 15.4 Å². The van der Waals surface area contributed by atoms with Gasteiger partial charge in [0.05, 0.1) is 6.61 Å². The summed E-state index contributed by atoms with van der Waals surface area (Å²) in [5, 5.41) is 6.18. The normalized spacial score (nSPS) is 14.6. The van der Waals surface area contributed by atoms with Crippen molar-refractivity contribution in [3.05, 3.63) is 88.2 Å². The van der Waals surface area contributed by atoms with Gasteiger partial charge in [-0.25, -0.2) is 4.79 Å². The summed E-state index contributed by atoms with van der Waals surface area (Å²) in [5.74, 6) is -1.19. The third-order valence-corrected chi connectivity index (χ3v) is 6.09. The molecule has 5 rings (SSSR count). The van der Waals surface area contributed by atoms with Gasteiger partial charge in [-0.15, -0.1) is 0 Å². The Labute approximate surface area is 191 Å². The molecule has 1 atom stereocenters. The second-order valence-electron chi connectivity index (χ2n) is 8.07. The van der Waals surface area contributed by atoms with E-state index in [-0.39, 0.29) is 12.4 Å². The highest BCUT2D eigenvalue weighted by molar-refractivity contribution is 6.23. The predicted octanol–water partition coefficient (Wildman–Crippen LogP) is 2.97. The Balaban J connectivity index is 1.52. The average molecular weight is 441 g/mol. The first-order valence-corrected chi connectivity index (χ1v) is 11.0. The minimum atomic E-state index is -0.967. The van der Waals surface area contributed by atoms with Crippen molar-refractivity contribution >= 4 is 17.7 Å². The number of nitrogens with one attached hydrogen (secondary N) is 2. The van der Waals surface area contributed by atoms with Gasteiger partial charge in [-0.05, 0) is 48.7 Å². The van der Waals surface area contributed by atoms with Crippen LogP contribution < -0.4 is 10.6 Å². The summed E-state index contributed by atoms with van der Waals surface area (Å²) in [6, 6.07) is 13.4. The molecule has 1 aromatic heterocycles. The van der Waals surface area contributed by atoms with Crippen molar-refractivity contribution < 1.29 is 19.1 Å². The Bertz CT molecular complexity index is 1280. The molecule has 0 radical (unpaired) electrons. The zero-order valence-corrected chi connectivity index (χ0v) is 18.2. The number of esters is 1. The van der Waals surface area contributed by atoms with Crippen LogP contribution in [0.3, 0.4) is 0 Å². The van der Waals surface area contributed by atoms with E-state index in [2.05, 4.69) is 15.6 Å². The van der Waals surface area contributed by atoms with Crippen LogP contribution in [0.25, 0.3) is 11.1 Å². The van der Waals surface area contributed by atoms with Crippen LogP contribution in [0.15, 0.2) is 54.7 Å². The lowest BCUT2D eigenvalue weighted by Gasteiger charge is -2.22. The van der Waals surface area contributed by atoms with Gasteiger partial charge >= 0.3 is 5.97 Å². The second-order valence-corrected chi connectivity index (χ2v) is 8.07. The maximum absolute atomic E-state index is 13.4. The summed E-state index contributed by atoms with van der Waals surface area (Å²) in [7, 11) is 0. The number of ether oxygens (including phenoxy) is 1. The van der Waals surface area contributed by atoms with Gasteiger partial charge in [0.25, 0.3) is 5.91 Å². The number of hydrogen-bond acceptors (Lipinski definition) is 6. The third kappa shape index (κ3) is 3.70. The van der Waals surface area contributed by atoms with Crippen LogP contribution >= 0.6 is 0 Å². The van der Waals surface area contributed by atoms with Crippen LogP contribution in [-0.4, -0.2) is 35.8 Å². The van der Waals surface area contributed by atoms with Gasteiger partial charge in [-0.3, -0.25) is 14.6 Å². The van der Waals surface area contributed by atoms with Crippen LogP contribution in [-0.2, 0) is 22.5 Å². The largest absolute Gasteiger partial charge is 0.464 e. The summed E-state index contributed by atoms with van der Waals surface area (Å²) in [6.07, 6.45) is 2.48. The van der Waals surface area contributed by atoms with Crippen molar-refractivity contribution in [2.75, 3.05) is 13.2 Å². The van der Waals surface area contributed by atoms with Crippen molar-refractivity contribution in [2.24, 2.45) is 0 Å². The number of nitrogens with zero attached hydrogens (tertiary/aromatic N) is 1. The fourth-order valence-corrected chi connectivity index (χ4v) is 4.53. The van der Waals surface area contributed by atoms with Crippen molar-refractivity contribution in [2.45, 2.75) is 25.9 Å². The number of benzene rings is 2. The summed E-state index contributed by atoms with van der Waals surface area (Å²) in [4.78, 5) is 43.2. The molecule has 0 saturated carbocycles. The molecule has 0 fully saturated rings. The highest BCUT2D eigenvalue weighted by Gasteiger charge is 2.33. The van der Waals surface area contributed by atoms with Crippen molar-refractivity contribution in [3.63, 3.8) is 0 Å². The van der Waals surface area contributed by atoms with Crippen molar-refractivity contribution in [1.29, 1.82) is 0 Å². The molecule has 1 aliphatic heterocycles. The maximum atomic E-state index is 13.4. The van der Waals surface area contributed by atoms with Crippen molar-refractivity contribution in [3.8, 4) is 11.1 Å². The lowest BCUT2D eigenvalue weighted by molar-refractivity contribution is -0.145. The second kappa shape index (κ2) is 8.60. The molecule has 1 amide bonds. The maximum Gasteiger partial charge on any atom is 0.333 e. The molecule has 33 heavy (non-hydrogen) atoms. The van der Waals surface area contributed by atoms with E-state index >= 15 is 0 Å². The molecule has 2 aliphatic rings. The molecule has 3 aromatic rings. The Kier molecular flexibility index (Phi) is 5.48. The summed E-state index contributed by atoms with van der Waals surface area (Å²) < 4.78 is 5.27. The molecule has 7 nitrogen and oxygen atoms in total. The first-order chi connectivity index (χ1) is 16.1. The molecule has 2 heterocycles. The molecule has 166 valence electrons. The first-order valence-electron chi connectivity index (χ1n) is 11.0. The van der Waals surface area contributed by atoms with E-state index in [4.69, 9.17) is 4.74 Å². The fraction of sp³-hybridized carbons (Fsp3) is 0.231. The van der Waals surface area contributed by atoms with E-state index in [0.29, 0.717) is 40.1 Å². The SMILES string of the molecule is CCOC(=O)C(NC(=O)c1cccc2c1-c1cccnc1C2=O)c1ccc2c(c1)CNCC2. The molecule has 0 bridgehead atoms. The number of rotatable bonds is 5. The van der Waals surface area contributed by atoms with Gasteiger partial charge in [-0.1, -0.05) is 36.4 Å². The molecule has 0 spiro atoms. The van der Waals surface area contributed by atoms with E-state index in [1.165, 1.54) is 5.56 Å². The summed E-state index contributed by atoms with van der Waals surface area (Å²) in [5.41, 5.74) is 5.25. The number of pyridine rings is 1. The Hall–Kier alpha value is -3.84. The quantitative estimate of drug-likeness (QED) is 0.462. The number of ketones is 1. The van der Waals surface area contributed by atoms with E-state index < -0.39 is 17.9 Å². The minimum Gasteiger partial charge on any atom is -0.464 e. The van der Waals surface area contributed by atoms with Crippen LogP contribution in [0.4, 0.5) is 0 Å². The number of hydrogen-bond donors (Lipinski definition) is 2. The molecular weight excluding hydrogens is 418 g/mol. The van der Waals surface area contributed by atoms with Crippen LogP contribution in [0, 0.1) is 0 Å². The number of fused-ring (bicyclic) bond motifs is 4. The highest BCUT2D eigenvalue weighted by atomic mass is 16.5. The van der Waals surface area contributed by atoms with Gasteiger partial charge in [0, 0.05) is 35.0 Å². The third-order valence-electron chi connectivity index (χ3n) is 6.09. The van der Waals surface area contributed by atoms with E-state index in [1.807, 2.05) is 18.2 Å². The Morgan fingerprint density at radius 2 is 1.97 bits per heavy atom. The zero-order chi connectivity index (χ0) is 22.9. The fourth-order valence-electron chi connectivity index (χ4n) is 4.53. The molecular formula is C26H23N3O4. The summed E-state index contributed by atoms with van der Waals surface area (Å²) in [6.45, 7) is 3.56. The molecule has 2 N–H and O–H groups in total. The standard InChI is InChI=1S/C26H23N3O4/c1-2-33-26(32)22(16-9-8-15-10-12-27-14-17(15)13-16)29-25(31)20-6-3-5-19-21(20)18-7-4-11-28-23(18)24(19)30/h3-9,11,13,22,27H,2,10,12,14H2,1H3,(H,29,31). The lowest BCUT2D eigenvalue weighted by Crippen LogP contribution is -2.35. The van der Waals surface area contributed by atoms with Crippen molar-refractivity contribution in [1.82, 2.24) is 15.6 Å². The first kappa shape index (κ1) is 21.0. The predicted molar refractivity (Wildman–Crippen MR) is 122 cm³/mol. The van der Waals surface area contributed by atoms with Gasteiger partial charge in [0.15, 0.2) is 6.04 Å². The molecule has 1 unspecified atom stereocenters. The molecule has 2 aromatic carbocycles. The van der Waals surface area contributed by atoms with Gasteiger partial charge in [0.2, 0.25) is 5.78 Å². The van der Waals surface area contributed by atoms with Gasteiger partial charge in [-0.2, -0.15) is 0 Å². The summed E-state index contributed by atoms with van der Waals surface area (Å²) >= 11 is 0. The number of carbonyl (C=O) groups excluding carboxylic acids is 3. The monoisotopic (exact) mass is 441 g/mol. The van der Waals surface area contributed by atoms with Crippen LogP contribution in [0.5, 0.6) is 0 Å². The molecule has 0 saturated heterocycles. The topological polar surface area (TPSA) is 97.4 Å². The van der Waals surface area contributed by atoms with E-state index in [1.54, 1.807) is 43.5 Å². The Morgan fingerprint density at radius 3 is 2.82 bits per heavy atom. The number of aromatic nitrogens is 1. The zero-order valence-electron chi connectivity index (χ0n) is 18.2. The number of amides is 1. The molecule has 1 aliphatic carbocycles. The number of carbonyl (C=O) groups is 3. The van der Waals surface area contributed by atoms with E-state index in [9.17, 15) is 14.4 Å². The van der Waals surface area contributed by atoms with Crippen LogP contribution in [0.2, 0.25) is 0 Å². The Morgan fingerprint density at radius 1 is 1.12 bits per heavy atom. The smallest absolute Gasteiger partial charge is 0.333 e. The van der Waals surface area contributed by atoms with E-state index in [0.717, 1.165) is 18.5 Å². The highest BCUT2D eigenvalue weighted by Crippen LogP contribution is 2.38.